The average molecular weight is 415 g/mol. The number of hydrogen-bond acceptors (Lipinski definition) is 3. The second-order valence-corrected chi connectivity index (χ2v) is 7.56. The zero-order valence-corrected chi connectivity index (χ0v) is 16.9. The zero-order valence-electron chi connectivity index (χ0n) is 15.4. The molecule has 0 aliphatic heterocycles. The maximum atomic E-state index is 13.3. The molecule has 8 heteroatoms. The summed E-state index contributed by atoms with van der Waals surface area (Å²) in [6, 6.07) is 12.0. The number of nitrogens with zero attached hydrogens (tertiary/aromatic N) is 4. The predicted octanol–water partition coefficient (Wildman–Crippen LogP) is 3.89. The van der Waals surface area contributed by atoms with E-state index in [0.717, 1.165) is 10.9 Å². The first kappa shape index (κ1) is 18.5. The second kappa shape index (κ2) is 6.65. The van der Waals surface area contributed by atoms with E-state index in [2.05, 4.69) is 5.10 Å². The van der Waals surface area contributed by atoms with Crippen LogP contribution in [0.1, 0.15) is 10.5 Å². The summed E-state index contributed by atoms with van der Waals surface area (Å²) >= 11 is 12.1. The Morgan fingerprint density at radius 3 is 2.32 bits per heavy atom. The third kappa shape index (κ3) is 2.77. The van der Waals surface area contributed by atoms with Crippen LogP contribution in [0.15, 0.2) is 47.3 Å². The molecule has 0 spiro atoms. The van der Waals surface area contributed by atoms with Crippen molar-refractivity contribution in [2.24, 2.45) is 7.05 Å². The third-order valence-corrected chi connectivity index (χ3v) is 5.16. The van der Waals surface area contributed by atoms with E-state index in [1.807, 2.05) is 0 Å². The Morgan fingerprint density at radius 1 is 1.04 bits per heavy atom. The van der Waals surface area contributed by atoms with Gasteiger partial charge >= 0.3 is 0 Å². The van der Waals surface area contributed by atoms with Crippen LogP contribution in [0.2, 0.25) is 10.0 Å². The van der Waals surface area contributed by atoms with Gasteiger partial charge in [0.2, 0.25) is 0 Å². The number of carbonyl (C=O) groups is 1. The van der Waals surface area contributed by atoms with Gasteiger partial charge in [-0.15, -0.1) is 0 Å². The molecular formula is C20H16Cl2N4O2. The Kier molecular flexibility index (Phi) is 4.40. The molecule has 6 nitrogen and oxygen atoms in total. The standard InChI is InChI=1S/C20H16Cl2N4O2/c1-24(2)19(27)17-16-14-9-6-12(22)10-15(14)25(3)18(16)20(28)26(23-17)13-7-4-11(21)5-8-13/h4-10H,1-3H3. The van der Waals surface area contributed by atoms with Gasteiger partial charge in [-0.25, -0.2) is 0 Å². The van der Waals surface area contributed by atoms with Crippen molar-refractivity contribution in [2.45, 2.75) is 0 Å². The molecule has 0 radical (unpaired) electrons. The lowest BCUT2D eigenvalue weighted by Gasteiger charge is -2.13. The zero-order chi connectivity index (χ0) is 20.2. The normalized spacial score (nSPS) is 11.3. The largest absolute Gasteiger partial charge is 0.343 e. The highest BCUT2D eigenvalue weighted by Crippen LogP contribution is 2.31. The number of aromatic nitrogens is 3. The van der Waals surface area contributed by atoms with E-state index >= 15 is 0 Å². The quantitative estimate of drug-likeness (QED) is 0.499. The molecule has 4 aromatic rings. The minimum atomic E-state index is -0.331. The van der Waals surface area contributed by atoms with Gasteiger partial charge in [0.25, 0.3) is 11.5 Å². The highest BCUT2D eigenvalue weighted by atomic mass is 35.5. The molecule has 0 aliphatic rings. The molecule has 0 atom stereocenters. The van der Waals surface area contributed by atoms with Gasteiger partial charge in [0.15, 0.2) is 5.69 Å². The summed E-state index contributed by atoms with van der Waals surface area (Å²) in [5, 5.41) is 6.79. The molecule has 0 aliphatic carbocycles. The van der Waals surface area contributed by atoms with E-state index in [4.69, 9.17) is 23.2 Å². The van der Waals surface area contributed by atoms with E-state index in [1.54, 1.807) is 68.2 Å². The molecule has 142 valence electrons. The lowest BCUT2D eigenvalue weighted by atomic mass is 10.1. The number of benzene rings is 2. The molecule has 0 unspecified atom stereocenters. The van der Waals surface area contributed by atoms with Crippen molar-refractivity contribution in [1.82, 2.24) is 19.2 Å². The highest BCUT2D eigenvalue weighted by Gasteiger charge is 2.24. The number of halogens is 2. The highest BCUT2D eigenvalue weighted by molar-refractivity contribution is 6.32. The molecule has 2 aromatic heterocycles. The summed E-state index contributed by atoms with van der Waals surface area (Å²) in [6.45, 7) is 0. The summed E-state index contributed by atoms with van der Waals surface area (Å²) in [6.07, 6.45) is 0. The molecule has 0 saturated heterocycles. The predicted molar refractivity (Wildman–Crippen MR) is 112 cm³/mol. The number of fused-ring (bicyclic) bond motifs is 3. The van der Waals surface area contributed by atoms with Gasteiger partial charge in [0, 0.05) is 42.0 Å². The first-order valence-corrected chi connectivity index (χ1v) is 9.23. The summed E-state index contributed by atoms with van der Waals surface area (Å²) in [7, 11) is 5.07. The first-order chi connectivity index (χ1) is 13.3. The Morgan fingerprint density at radius 2 is 1.68 bits per heavy atom. The fourth-order valence-electron chi connectivity index (χ4n) is 3.31. The van der Waals surface area contributed by atoms with Crippen LogP contribution in [0, 0.1) is 0 Å². The third-order valence-electron chi connectivity index (χ3n) is 4.67. The molecule has 0 bridgehead atoms. The topological polar surface area (TPSA) is 60.1 Å². The maximum absolute atomic E-state index is 13.3. The van der Waals surface area contributed by atoms with Crippen LogP contribution in [0.4, 0.5) is 0 Å². The summed E-state index contributed by atoms with van der Waals surface area (Å²) < 4.78 is 2.98. The van der Waals surface area contributed by atoms with Gasteiger partial charge in [0.1, 0.15) is 5.52 Å². The molecule has 2 aromatic carbocycles. The number of carbonyl (C=O) groups excluding carboxylic acids is 1. The lowest BCUT2D eigenvalue weighted by Crippen LogP contribution is -2.29. The van der Waals surface area contributed by atoms with E-state index in [0.29, 0.717) is 26.6 Å². The lowest BCUT2D eigenvalue weighted by molar-refractivity contribution is 0.0822. The van der Waals surface area contributed by atoms with Crippen LogP contribution in [-0.2, 0) is 7.05 Å². The van der Waals surface area contributed by atoms with Crippen molar-refractivity contribution in [3.63, 3.8) is 0 Å². The Balaban J connectivity index is 2.20. The van der Waals surface area contributed by atoms with Crippen LogP contribution >= 0.6 is 23.2 Å². The van der Waals surface area contributed by atoms with E-state index in [-0.39, 0.29) is 17.2 Å². The molecule has 28 heavy (non-hydrogen) atoms. The van der Waals surface area contributed by atoms with Crippen molar-refractivity contribution >= 4 is 50.9 Å². The number of amides is 1. The van der Waals surface area contributed by atoms with Crippen LogP contribution in [0.25, 0.3) is 27.5 Å². The molecule has 0 fully saturated rings. The number of rotatable bonds is 2. The molecule has 0 saturated carbocycles. The van der Waals surface area contributed by atoms with Crippen LogP contribution in [0.5, 0.6) is 0 Å². The summed E-state index contributed by atoms with van der Waals surface area (Å²) in [4.78, 5) is 27.7. The molecular weight excluding hydrogens is 399 g/mol. The van der Waals surface area contributed by atoms with Gasteiger partial charge in [0.05, 0.1) is 11.2 Å². The molecule has 4 rings (SSSR count). The number of aryl methyl sites for hydroxylation is 1. The Labute approximate surface area is 170 Å². The fraction of sp³-hybridized carbons (Fsp3) is 0.150. The first-order valence-electron chi connectivity index (χ1n) is 8.48. The Bertz CT molecular complexity index is 1300. The SMILES string of the molecule is CN(C)C(=O)c1nn(-c2ccc(Cl)cc2)c(=O)c2c1c1ccc(Cl)cc1n2C. The second-order valence-electron chi connectivity index (χ2n) is 6.69. The average Bonchev–Trinajstić information content (AvgIpc) is 2.95. The van der Waals surface area contributed by atoms with Crippen LogP contribution in [0.3, 0.4) is 0 Å². The van der Waals surface area contributed by atoms with E-state index in [9.17, 15) is 9.59 Å². The summed E-state index contributed by atoms with van der Waals surface area (Å²) in [5.41, 5.74) is 1.52. The van der Waals surface area contributed by atoms with Gasteiger partial charge < -0.3 is 9.47 Å². The minimum absolute atomic E-state index is 0.197. The van der Waals surface area contributed by atoms with Crippen molar-refractivity contribution in [3.8, 4) is 5.69 Å². The smallest absolute Gasteiger partial charge is 0.296 e. The maximum Gasteiger partial charge on any atom is 0.296 e. The summed E-state index contributed by atoms with van der Waals surface area (Å²) in [5.74, 6) is -0.296. The van der Waals surface area contributed by atoms with Gasteiger partial charge in [-0.2, -0.15) is 9.78 Å². The van der Waals surface area contributed by atoms with Gasteiger partial charge in [-0.05, 0) is 36.4 Å². The Hall–Kier alpha value is -2.83. The van der Waals surface area contributed by atoms with Crippen molar-refractivity contribution in [1.29, 1.82) is 0 Å². The minimum Gasteiger partial charge on any atom is -0.343 e. The van der Waals surface area contributed by atoms with E-state index < -0.39 is 0 Å². The van der Waals surface area contributed by atoms with Gasteiger partial charge in [-0.3, -0.25) is 9.59 Å². The number of hydrogen-bond donors (Lipinski definition) is 0. The van der Waals surface area contributed by atoms with Crippen molar-refractivity contribution < 1.29 is 4.79 Å². The van der Waals surface area contributed by atoms with Crippen LogP contribution < -0.4 is 5.56 Å². The molecule has 2 heterocycles. The fourth-order valence-corrected chi connectivity index (χ4v) is 3.61. The molecule has 0 N–H and O–H groups in total. The molecule has 1 amide bonds. The monoisotopic (exact) mass is 414 g/mol. The van der Waals surface area contributed by atoms with Crippen LogP contribution in [-0.4, -0.2) is 39.3 Å². The van der Waals surface area contributed by atoms with Gasteiger partial charge in [-0.1, -0.05) is 29.3 Å². The van der Waals surface area contributed by atoms with Crippen molar-refractivity contribution in [3.05, 3.63) is 68.6 Å². The van der Waals surface area contributed by atoms with E-state index in [1.165, 1.54) is 9.58 Å². The van der Waals surface area contributed by atoms with Crippen molar-refractivity contribution in [2.75, 3.05) is 14.1 Å².